The molecule has 7 heteroatoms. The third-order valence-corrected chi connectivity index (χ3v) is 2.48. The summed E-state index contributed by atoms with van der Waals surface area (Å²) in [5.74, 6) is -0.980. The SMILES string of the molecule is COC(=O)c1cc(NC(=O)CC#N)cc2cn[nH]c12. The molecule has 19 heavy (non-hydrogen) atoms. The first-order chi connectivity index (χ1) is 9.15. The molecule has 2 rings (SSSR count). The molecule has 1 heterocycles. The third kappa shape index (κ3) is 2.52. The second-order valence-corrected chi connectivity index (χ2v) is 3.73. The smallest absolute Gasteiger partial charge is 0.340 e. The van der Waals surface area contributed by atoms with E-state index < -0.39 is 11.9 Å². The van der Waals surface area contributed by atoms with Crippen LogP contribution in [-0.2, 0) is 9.53 Å². The number of amides is 1. The molecule has 0 fully saturated rings. The molecule has 0 radical (unpaired) electrons. The second kappa shape index (κ2) is 5.18. The van der Waals surface area contributed by atoms with E-state index in [4.69, 9.17) is 5.26 Å². The van der Waals surface area contributed by atoms with Gasteiger partial charge < -0.3 is 10.1 Å². The monoisotopic (exact) mass is 258 g/mol. The maximum absolute atomic E-state index is 11.7. The number of methoxy groups -OCH3 is 1. The van der Waals surface area contributed by atoms with Crippen LogP contribution in [0.25, 0.3) is 10.9 Å². The molecule has 0 spiro atoms. The Labute approximate surface area is 108 Å². The summed E-state index contributed by atoms with van der Waals surface area (Å²) in [6, 6.07) is 4.87. The first kappa shape index (κ1) is 12.6. The number of carbonyl (C=O) groups is 2. The third-order valence-electron chi connectivity index (χ3n) is 2.48. The van der Waals surface area contributed by atoms with Gasteiger partial charge in [-0.25, -0.2) is 4.79 Å². The largest absolute Gasteiger partial charge is 0.465 e. The number of nitrogens with zero attached hydrogens (tertiary/aromatic N) is 2. The quantitative estimate of drug-likeness (QED) is 0.804. The van der Waals surface area contributed by atoms with Crippen LogP contribution in [0.15, 0.2) is 18.3 Å². The van der Waals surface area contributed by atoms with Crippen LogP contribution in [0.2, 0.25) is 0 Å². The zero-order valence-electron chi connectivity index (χ0n) is 10.1. The number of benzene rings is 1. The van der Waals surface area contributed by atoms with Crippen LogP contribution in [0, 0.1) is 11.3 Å². The first-order valence-corrected chi connectivity index (χ1v) is 5.38. The van der Waals surface area contributed by atoms with Gasteiger partial charge in [0.1, 0.15) is 6.42 Å². The van der Waals surface area contributed by atoms with Crippen LogP contribution in [0.4, 0.5) is 5.69 Å². The molecule has 1 amide bonds. The molecule has 0 unspecified atom stereocenters. The summed E-state index contributed by atoms with van der Waals surface area (Å²) in [6.45, 7) is 0. The van der Waals surface area contributed by atoms with E-state index in [-0.39, 0.29) is 12.0 Å². The molecule has 0 aliphatic carbocycles. The van der Waals surface area contributed by atoms with Crippen molar-refractivity contribution in [3.8, 4) is 6.07 Å². The average Bonchev–Trinajstić information content (AvgIpc) is 2.85. The number of hydrogen-bond donors (Lipinski definition) is 2. The molecule has 1 aromatic heterocycles. The number of hydrogen-bond acceptors (Lipinski definition) is 5. The van der Waals surface area contributed by atoms with Gasteiger partial charge in [0, 0.05) is 11.1 Å². The number of esters is 1. The molecule has 0 atom stereocenters. The number of aromatic nitrogens is 2. The molecule has 1 aromatic carbocycles. The normalized spacial score (nSPS) is 9.89. The van der Waals surface area contributed by atoms with Crippen molar-refractivity contribution in [2.75, 3.05) is 12.4 Å². The molecule has 0 aliphatic rings. The summed E-state index contributed by atoms with van der Waals surface area (Å²) in [4.78, 5) is 23.0. The van der Waals surface area contributed by atoms with Gasteiger partial charge in [0.2, 0.25) is 5.91 Å². The lowest BCUT2D eigenvalue weighted by atomic mass is 10.1. The zero-order chi connectivity index (χ0) is 13.8. The van der Waals surface area contributed by atoms with Crippen LogP contribution >= 0.6 is 0 Å². The Balaban J connectivity index is 2.43. The molecule has 0 saturated carbocycles. The summed E-state index contributed by atoms with van der Waals surface area (Å²) in [5, 5.41) is 18.2. The fourth-order valence-corrected chi connectivity index (χ4v) is 1.68. The highest BCUT2D eigenvalue weighted by Crippen LogP contribution is 2.22. The van der Waals surface area contributed by atoms with Crippen molar-refractivity contribution in [2.45, 2.75) is 6.42 Å². The number of anilines is 1. The Kier molecular flexibility index (Phi) is 3.43. The molecule has 0 bridgehead atoms. The summed E-state index contributed by atoms with van der Waals surface area (Å²) < 4.78 is 4.67. The van der Waals surface area contributed by atoms with Crippen molar-refractivity contribution in [3.63, 3.8) is 0 Å². The first-order valence-electron chi connectivity index (χ1n) is 5.38. The number of ether oxygens (including phenoxy) is 1. The highest BCUT2D eigenvalue weighted by atomic mass is 16.5. The number of fused-ring (bicyclic) bond motifs is 1. The van der Waals surface area contributed by atoms with E-state index >= 15 is 0 Å². The van der Waals surface area contributed by atoms with Crippen molar-refractivity contribution in [1.82, 2.24) is 10.2 Å². The average molecular weight is 258 g/mol. The van der Waals surface area contributed by atoms with Gasteiger partial charge in [0.25, 0.3) is 0 Å². The van der Waals surface area contributed by atoms with Gasteiger partial charge in [-0.15, -0.1) is 0 Å². The van der Waals surface area contributed by atoms with E-state index in [1.807, 2.05) is 0 Å². The van der Waals surface area contributed by atoms with Crippen molar-refractivity contribution >= 4 is 28.5 Å². The number of nitrogens with one attached hydrogen (secondary N) is 2. The summed E-state index contributed by atoms with van der Waals surface area (Å²) in [6.07, 6.45) is 1.28. The van der Waals surface area contributed by atoms with Crippen molar-refractivity contribution < 1.29 is 14.3 Å². The molecule has 2 N–H and O–H groups in total. The summed E-state index contributed by atoms with van der Waals surface area (Å²) >= 11 is 0. The molecule has 2 aromatic rings. The van der Waals surface area contributed by atoms with Gasteiger partial charge in [-0.2, -0.15) is 10.4 Å². The number of aromatic amines is 1. The van der Waals surface area contributed by atoms with Crippen LogP contribution in [0.5, 0.6) is 0 Å². The second-order valence-electron chi connectivity index (χ2n) is 3.73. The number of carbonyl (C=O) groups excluding carboxylic acids is 2. The zero-order valence-corrected chi connectivity index (χ0v) is 10.1. The van der Waals surface area contributed by atoms with Crippen molar-refractivity contribution in [1.29, 1.82) is 5.26 Å². The maximum atomic E-state index is 11.7. The molecular weight excluding hydrogens is 248 g/mol. The lowest BCUT2D eigenvalue weighted by Gasteiger charge is -2.06. The van der Waals surface area contributed by atoms with E-state index in [0.29, 0.717) is 16.6 Å². The Morgan fingerprint density at radius 3 is 3.00 bits per heavy atom. The fourth-order valence-electron chi connectivity index (χ4n) is 1.68. The highest BCUT2D eigenvalue weighted by Gasteiger charge is 2.14. The van der Waals surface area contributed by atoms with Gasteiger partial charge in [-0.05, 0) is 12.1 Å². The molecule has 0 saturated heterocycles. The maximum Gasteiger partial charge on any atom is 0.340 e. The van der Waals surface area contributed by atoms with Crippen LogP contribution < -0.4 is 5.32 Å². The van der Waals surface area contributed by atoms with Gasteiger partial charge in [0.15, 0.2) is 0 Å². The summed E-state index contributed by atoms with van der Waals surface area (Å²) in [7, 11) is 1.27. The molecule has 0 aliphatic heterocycles. The van der Waals surface area contributed by atoms with Crippen molar-refractivity contribution in [2.24, 2.45) is 0 Å². The minimum atomic E-state index is -0.536. The van der Waals surface area contributed by atoms with Gasteiger partial charge in [-0.3, -0.25) is 9.89 Å². The van der Waals surface area contributed by atoms with Gasteiger partial charge >= 0.3 is 5.97 Å². The fraction of sp³-hybridized carbons (Fsp3) is 0.167. The van der Waals surface area contributed by atoms with Gasteiger partial charge in [-0.1, -0.05) is 0 Å². The Hall–Kier alpha value is -2.88. The predicted molar refractivity (Wildman–Crippen MR) is 66.3 cm³/mol. The molecular formula is C12H10N4O3. The minimum absolute atomic E-state index is 0.253. The number of rotatable bonds is 3. The summed E-state index contributed by atoms with van der Waals surface area (Å²) in [5.41, 5.74) is 1.21. The van der Waals surface area contributed by atoms with Crippen molar-refractivity contribution in [3.05, 3.63) is 23.9 Å². The van der Waals surface area contributed by atoms with E-state index in [0.717, 1.165) is 0 Å². The Morgan fingerprint density at radius 2 is 2.32 bits per heavy atom. The minimum Gasteiger partial charge on any atom is -0.465 e. The van der Waals surface area contributed by atoms with Crippen LogP contribution in [0.3, 0.4) is 0 Å². The highest BCUT2D eigenvalue weighted by molar-refractivity contribution is 6.05. The number of nitriles is 1. The number of H-pyrrole nitrogens is 1. The lowest BCUT2D eigenvalue weighted by molar-refractivity contribution is -0.115. The van der Waals surface area contributed by atoms with E-state index in [9.17, 15) is 9.59 Å². The molecule has 7 nitrogen and oxygen atoms in total. The van der Waals surface area contributed by atoms with E-state index in [1.165, 1.54) is 19.4 Å². The van der Waals surface area contributed by atoms with Crippen LogP contribution in [0.1, 0.15) is 16.8 Å². The molecule has 96 valence electrons. The van der Waals surface area contributed by atoms with Gasteiger partial charge in [0.05, 0.1) is 30.5 Å². The topological polar surface area (TPSA) is 108 Å². The Bertz CT molecular complexity index is 684. The van der Waals surface area contributed by atoms with Crippen LogP contribution in [-0.4, -0.2) is 29.2 Å². The predicted octanol–water partition coefficient (Wildman–Crippen LogP) is 1.20. The van der Waals surface area contributed by atoms with E-state index in [1.54, 1.807) is 12.1 Å². The lowest BCUT2D eigenvalue weighted by Crippen LogP contribution is -2.11. The van der Waals surface area contributed by atoms with E-state index in [2.05, 4.69) is 20.3 Å². The standard InChI is InChI=1S/C12H10N4O3/c1-19-12(18)9-5-8(15-10(17)2-3-13)4-7-6-14-16-11(7)9/h4-6H,2H2,1H3,(H,14,16)(H,15,17). The Morgan fingerprint density at radius 1 is 1.53 bits per heavy atom.